The Hall–Kier alpha value is -1.97. The number of nitrogens with zero attached hydrogens (tertiary/aromatic N) is 2. The molecule has 1 aromatic heterocycles. The number of aromatic nitrogens is 2. The van der Waals surface area contributed by atoms with Gasteiger partial charge in [0.05, 0.1) is 22.2 Å². The minimum Gasteiger partial charge on any atom is -0.281 e. The molecule has 0 aliphatic carbocycles. The number of nitro groups is 1. The number of H-pyrrole nitrogens is 1. The van der Waals surface area contributed by atoms with Gasteiger partial charge in [0.25, 0.3) is 5.69 Å². The van der Waals surface area contributed by atoms with Crippen LogP contribution in [0.1, 0.15) is 5.69 Å². The number of non-ortho nitro benzene ring substituents is 1. The molecule has 0 saturated heterocycles. The van der Waals surface area contributed by atoms with Crippen LogP contribution in [0.3, 0.4) is 0 Å². The molecule has 2 N–H and O–H groups in total. The van der Waals surface area contributed by atoms with Gasteiger partial charge < -0.3 is 0 Å². The zero-order valence-electron chi connectivity index (χ0n) is 9.91. The smallest absolute Gasteiger partial charge is 0.270 e. The van der Waals surface area contributed by atoms with E-state index in [1.54, 1.807) is 6.07 Å². The Bertz CT molecular complexity index is 730. The van der Waals surface area contributed by atoms with Crippen LogP contribution in [-0.2, 0) is 16.6 Å². The maximum Gasteiger partial charge on any atom is 0.270 e. The van der Waals surface area contributed by atoms with Gasteiger partial charge in [0.1, 0.15) is 4.90 Å². The van der Waals surface area contributed by atoms with Crippen molar-refractivity contribution in [2.75, 3.05) is 0 Å². The average Bonchev–Trinajstić information content (AvgIpc) is 2.89. The van der Waals surface area contributed by atoms with E-state index < -0.39 is 14.9 Å². The molecule has 10 heteroatoms. The Morgan fingerprint density at radius 3 is 2.75 bits per heavy atom. The lowest BCUT2D eigenvalue weighted by Crippen LogP contribution is -2.23. The van der Waals surface area contributed by atoms with Crippen molar-refractivity contribution in [1.29, 1.82) is 0 Å². The number of hydrogen-bond acceptors (Lipinski definition) is 5. The van der Waals surface area contributed by atoms with E-state index in [2.05, 4.69) is 14.9 Å². The molecule has 2 aromatic rings. The second-order valence-electron chi connectivity index (χ2n) is 3.78. The van der Waals surface area contributed by atoms with Gasteiger partial charge in [0.2, 0.25) is 10.0 Å². The van der Waals surface area contributed by atoms with Crippen LogP contribution in [0.5, 0.6) is 0 Å². The van der Waals surface area contributed by atoms with E-state index in [1.165, 1.54) is 12.3 Å². The third kappa shape index (κ3) is 3.13. The first-order chi connectivity index (χ1) is 9.40. The lowest BCUT2D eigenvalue weighted by atomic mass is 10.3. The Labute approximate surface area is 119 Å². The van der Waals surface area contributed by atoms with Gasteiger partial charge in [0.15, 0.2) is 0 Å². The lowest BCUT2D eigenvalue weighted by molar-refractivity contribution is -0.385. The van der Waals surface area contributed by atoms with Gasteiger partial charge >= 0.3 is 0 Å². The van der Waals surface area contributed by atoms with Crippen molar-refractivity contribution >= 4 is 27.3 Å². The molecule has 8 nitrogen and oxygen atoms in total. The monoisotopic (exact) mass is 316 g/mol. The van der Waals surface area contributed by atoms with Crippen molar-refractivity contribution in [1.82, 2.24) is 14.9 Å². The summed E-state index contributed by atoms with van der Waals surface area (Å²) in [7, 11) is -3.96. The zero-order valence-corrected chi connectivity index (χ0v) is 11.5. The molecule has 0 aliphatic heterocycles. The number of aromatic amines is 1. The minimum atomic E-state index is -3.96. The van der Waals surface area contributed by atoms with Gasteiger partial charge in [0, 0.05) is 18.3 Å². The molecule has 106 valence electrons. The highest BCUT2D eigenvalue weighted by molar-refractivity contribution is 7.89. The minimum absolute atomic E-state index is 0.0264. The Morgan fingerprint density at radius 2 is 2.15 bits per heavy atom. The summed E-state index contributed by atoms with van der Waals surface area (Å²) in [6.45, 7) is -0.0264. The number of nitro benzene ring substituents is 1. The van der Waals surface area contributed by atoms with Crippen molar-refractivity contribution in [2.45, 2.75) is 11.4 Å². The molecular weight excluding hydrogens is 308 g/mol. The summed E-state index contributed by atoms with van der Waals surface area (Å²) in [5.74, 6) is 0. The molecule has 0 atom stereocenters. The number of sulfonamides is 1. The Morgan fingerprint density at radius 1 is 1.40 bits per heavy atom. The number of rotatable bonds is 5. The predicted molar refractivity (Wildman–Crippen MR) is 70.7 cm³/mol. The van der Waals surface area contributed by atoms with Crippen molar-refractivity contribution in [2.24, 2.45) is 0 Å². The summed E-state index contributed by atoms with van der Waals surface area (Å²) in [6, 6.07) is 4.82. The van der Waals surface area contributed by atoms with E-state index in [0.29, 0.717) is 5.69 Å². The van der Waals surface area contributed by atoms with E-state index in [0.717, 1.165) is 12.1 Å². The van der Waals surface area contributed by atoms with Gasteiger partial charge in [-0.3, -0.25) is 15.2 Å². The maximum atomic E-state index is 12.1. The molecule has 1 aromatic carbocycles. The van der Waals surface area contributed by atoms with E-state index in [-0.39, 0.29) is 22.2 Å². The molecule has 0 amide bonds. The highest BCUT2D eigenvalue weighted by Gasteiger charge is 2.21. The van der Waals surface area contributed by atoms with Gasteiger partial charge in [-0.2, -0.15) is 5.10 Å². The molecule has 2 rings (SSSR count). The highest BCUT2D eigenvalue weighted by atomic mass is 35.5. The fourth-order valence-electron chi connectivity index (χ4n) is 1.45. The lowest BCUT2D eigenvalue weighted by Gasteiger charge is -2.07. The molecule has 0 aliphatic rings. The summed E-state index contributed by atoms with van der Waals surface area (Å²) in [5, 5.41) is 16.8. The second-order valence-corrected chi connectivity index (χ2v) is 5.92. The molecular formula is C10H9ClN4O4S. The molecule has 0 unspecified atom stereocenters. The van der Waals surface area contributed by atoms with Crippen LogP contribution in [0.2, 0.25) is 5.02 Å². The number of nitrogens with one attached hydrogen (secondary N) is 2. The molecule has 0 fully saturated rings. The quantitative estimate of drug-likeness (QED) is 0.639. The summed E-state index contributed by atoms with van der Waals surface area (Å²) in [5.41, 5.74) is 0.200. The number of benzene rings is 1. The first kappa shape index (κ1) is 14.4. The molecule has 0 saturated carbocycles. The summed E-state index contributed by atoms with van der Waals surface area (Å²) in [6.07, 6.45) is 1.48. The van der Waals surface area contributed by atoms with Gasteiger partial charge in [-0.05, 0) is 12.1 Å². The molecule has 0 spiro atoms. The van der Waals surface area contributed by atoms with Crippen LogP contribution in [0.25, 0.3) is 0 Å². The van der Waals surface area contributed by atoms with Crippen LogP contribution in [-0.4, -0.2) is 23.5 Å². The number of hydrogen-bond donors (Lipinski definition) is 2. The fraction of sp³-hybridized carbons (Fsp3) is 0.100. The first-order valence-electron chi connectivity index (χ1n) is 5.32. The summed E-state index contributed by atoms with van der Waals surface area (Å²) < 4.78 is 26.4. The Balaban J connectivity index is 2.28. The van der Waals surface area contributed by atoms with E-state index in [1.807, 2.05) is 0 Å². The standard InChI is InChI=1S/C10H9ClN4O4S/c11-9-2-1-8(15(16)17)5-10(9)20(18,19)13-6-7-3-4-12-14-7/h1-5,13H,6H2,(H,12,14). The van der Waals surface area contributed by atoms with Crippen molar-refractivity contribution in [3.05, 3.63) is 51.3 Å². The normalized spacial score (nSPS) is 11.4. The summed E-state index contributed by atoms with van der Waals surface area (Å²) in [4.78, 5) is 9.64. The molecule has 0 radical (unpaired) electrons. The van der Waals surface area contributed by atoms with Crippen LogP contribution in [0.4, 0.5) is 5.69 Å². The van der Waals surface area contributed by atoms with Crippen LogP contribution < -0.4 is 4.72 Å². The fourth-order valence-corrected chi connectivity index (χ4v) is 2.97. The molecule has 1 heterocycles. The van der Waals surface area contributed by atoms with Gasteiger partial charge in [-0.1, -0.05) is 11.6 Å². The summed E-state index contributed by atoms with van der Waals surface area (Å²) >= 11 is 5.78. The van der Waals surface area contributed by atoms with Crippen LogP contribution >= 0.6 is 11.6 Å². The van der Waals surface area contributed by atoms with E-state index >= 15 is 0 Å². The topological polar surface area (TPSA) is 118 Å². The molecule has 20 heavy (non-hydrogen) atoms. The SMILES string of the molecule is O=[N+]([O-])c1ccc(Cl)c(S(=O)(=O)NCc2ccn[nH]2)c1. The van der Waals surface area contributed by atoms with Crippen molar-refractivity contribution in [3.63, 3.8) is 0 Å². The number of halogens is 1. The zero-order chi connectivity index (χ0) is 14.8. The largest absolute Gasteiger partial charge is 0.281 e. The van der Waals surface area contributed by atoms with Gasteiger partial charge in [-0.25, -0.2) is 13.1 Å². The van der Waals surface area contributed by atoms with Crippen LogP contribution in [0, 0.1) is 10.1 Å². The van der Waals surface area contributed by atoms with Crippen LogP contribution in [0.15, 0.2) is 35.4 Å². The maximum absolute atomic E-state index is 12.1. The third-order valence-electron chi connectivity index (χ3n) is 2.43. The second kappa shape index (κ2) is 5.57. The predicted octanol–water partition coefficient (Wildman–Crippen LogP) is 1.45. The third-order valence-corrected chi connectivity index (χ3v) is 4.31. The Kier molecular flexibility index (Phi) is 4.02. The van der Waals surface area contributed by atoms with E-state index in [9.17, 15) is 18.5 Å². The molecule has 0 bridgehead atoms. The first-order valence-corrected chi connectivity index (χ1v) is 7.18. The average molecular weight is 317 g/mol. The van der Waals surface area contributed by atoms with Crippen molar-refractivity contribution in [3.8, 4) is 0 Å². The van der Waals surface area contributed by atoms with Gasteiger partial charge in [-0.15, -0.1) is 0 Å². The highest BCUT2D eigenvalue weighted by Crippen LogP contribution is 2.26. The van der Waals surface area contributed by atoms with Crippen molar-refractivity contribution < 1.29 is 13.3 Å². The van der Waals surface area contributed by atoms with E-state index in [4.69, 9.17) is 11.6 Å².